The summed E-state index contributed by atoms with van der Waals surface area (Å²) in [5, 5.41) is 0.204. The molecule has 0 radical (unpaired) electrons. The molecule has 1 aliphatic rings. The van der Waals surface area contributed by atoms with Crippen LogP contribution in [0.3, 0.4) is 0 Å². The van der Waals surface area contributed by atoms with Gasteiger partial charge in [0.05, 0.1) is 12.1 Å². The lowest BCUT2D eigenvalue weighted by molar-refractivity contribution is -0.134. The molecule has 0 spiro atoms. The third kappa shape index (κ3) is 3.44. The molecule has 0 unspecified atom stereocenters. The maximum Gasteiger partial charge on any atom is 0.333 e. The van der Waals surface area contributed by atoms with Crippen LogP contribution in [0.5, 0.6) is 11.5 Å². The molecule has 0 aliphatic carbocycles. The number of ether oxygens (including phenoxy) is 2. The number of amides is 4. The number of terminal acetylenes is 1. The van der Waals surface area contributed by atoms with Crippen molar-refractivity contribution in [3.63, 3.8) is 0 Å². The molecule has 4 amide bonds. The topological polar surface area (TPSA) is 76.2 Å². The van der Waals surface area contributed by atoms with Gasteiger partial charge in [0.15, 0.2) is 11.5 Å². The van der Waals surface area contributed by atoms with Crippen molar-refractivity contribution >= 4 is 35.5 Å². The van der Waals surface area contributed by atoms with Gasteiger partial charge in [-0.25, -0.2) is 4.79 Å². The van der Waals surface area contributed by atoms with Crippen molar-refractivity contribution in [2.45, 2.75) is 0 Å². The summed E-state index contributed by atoms with van der Waals surface area (Å²) < 4.78 is 10.5. The van der Waals surface area contributed by atoms with Gasteiger partial charge in [0.1, 0.15) is 12.2 Å². The van der Waals surface area contributed by atoms with Crippen LogP contribution in [0.15, 0.2) is 17.7 Å². The Balaban J connectivity index is 2.48. The number of carbonyl (C=O) groups excluding carboxylic acids is 3. The summed E-state index contributed by atoms with van der Waals surface area (Å²) in [6.07, 6.45) is 6.50. The van der Waals surface area contributed by atoms with Crippen LogP contribution in [-0.2, 0) is 9.59 Å². The lowest BCUT2D eigenvalue weighted by Crippen LogP contribution is -2.52. The molecule has 0 aromatic heterocycles. The molecule has 1 aliphatic heterocycles. The van der Waals surface area contributed by atoms with Gasteiger partial charge in [-0.05, 0) is 23.8 Å². The van der Waals surface area contributed by atoms with Gasteiger partial charge in [-0.2, -0.15) is 0 Å². The first-order chi connectivity index (χ1) is 11.8. The number of carbonyl (C=O) groups is 3. The van der Waals surface area contributed by atoms with Crippen LogP contribution in [0.4, 0.5) is 4.79 Å². The number of barbiturate groups is 1. The van der Waals surface area contributed by atoms with Crippen molar-refractivity contribution in [3.8, 4) is 23.8 Å². The van der Waals surface area contributed by atoms with Gasteiger partial charge >= 0.3 is 6.03 Å². The van der Waals surface area contributed by atoms with Gasteiger partial charge in [-0.3, -0.25) is 19.4 Å². The van der Waals surface area contributed by atoms with Crippen molar-refractivity contribution in [1.82, 2.24) is 9.80 Å². The fraction of sp³-hybridized carbons (Fsp3) is 0.235. The number of likely N-dealkylation sites (N-methyl/N-ethyl adjacent to an activating group) is 2. The number of nitrogens with zero attached hydrogens (tertiary/aromatic N) is 2. The summed E-state index contributed by atoms with van der Waals surface area (Å²) in [5.41, 5.74) is 0.266. The average molecular weight is 363 g/mol. The molecular formula is C17H15ClN2O5. The molecule has 0 atom stereocenters. The number of imide groups is 2. The first kappa shape index (κ1) is 18.4. The van der Waals surface area contributed by atoms with Crippen LogP contribution in [0.1, 0.15) is 5.56 Å². The number of methoxy groups -OCH3 is 1. The van der Waals surface area contributed by atoms with Gasteiger partial charge in [0.2, 0.25) is 0 Å². The highest BCUT2D eigenvalue weighted by molar-refractivity contribution is 6.33. The maximum absolute atomic E-state index is 12.2. The minimum absolute atomic E-state index is 0.00515. The van der Waals surface area contributed by atoms with Crippen LogP contribution in [0.2, 0.25) is 5.02 Å². The fourth-order valence-electron chi connectivity index (χ4n) is 2.22. The number of rotatable bonds is 4. The first-order valence-corrected chi connectivity index (χ1v) is 7.45. The SMILES string of the molecule is C#CCOc1c(Cl)cc(C=C2C(=O)N(C)C(=O)N(C)C2=O)cc1OC. The van der Waals surface area contributed by atoms with E-state index in [1.165, 1.54) is 33.3 Å². The van der Waals surface area contributed by atoms with Gasteiger partial charge in [-0.15, -0.1) is 6.42 Å². The molecule has 1 aromatic rings. The second kappa shape index (κ2) is 7.28. The molecule has 1 heterocycles. The summed E-state index contributed by atoms with van der Waals surface area (Å²) >= 11 is 6.17. The Hall–Kier alpha value is -2.98. The van der Waals surface area contributed by atoms with E-state index in [0.717, 1.165) is 9.80 Å². The Morgan fingerprint density at radius 1 is 1.20 bits per heavy atom. The third-order valence-corrected chi connectivity index (χ3v) is 3.79. The minimum atomic E-state index is -0.698. The van der Waals surface area contributed by atoms with E-state index in [1.54, 1.807) is 6.07 Å². The van der Waals surface area contributed by atoms with Crippen molar-refractivity contribution in [1.29, 1.82) is 0 Å². The van der Waals surface area contributed by atoms with E-state index < -0.39 is 17.8 Å². The average Bonchev–Trinajstić information content (AvgIpc) is 2.60. The van der Waals surface area contributed by atoms with E-state index in [9.17, 15) is 14.4 Å². The van der Waals surface area contributed by atoms with Gasteiger partial charge in [0.25, 0.3) is 11.8 Å². The minimum Gasteiger partial charge on any atom is -0.493 e. The Morgan fingerprint density at radius 3 is 2.32 bits per heavy atom. The lowest BCUT2D eigenvalue weighted by atomic mass is 10.1. The highest BCUT2D eigenvalue weighted by Crippen LogP contribution is 2.37. The summed E-state index contributed by atoms with van der Waals surface area (Å²) in [7, 11) is 4.01. The zero-order chi connectivity index (χ0) is 18.7. The van der Waals surface area contributed by atoms with Crippen molar-refractivity contribution in [2.75, 3.05) is 27.8 Å². The van der Waals surface area contributed by atoms with Crippen LogP contribution in [-0.4, -0.2) is 55.5 Å². The highest BCUT2D eigenvalue weighted by atomic mass is 35.5. The van der Waals surface area contributed by atoms with Crippen LogP contribution >= 0.6 is 11.6 Å². The Kier molecular flexibility index (Phi) is 5.35. The Labute approximate surface area is 149 Å². The van der Waals surface area contributed by atoms with Gasteiger partial charge < -0.3 is 9.47 Å². The largest absolute Gasteiger partial charge is 0.493 e. The monoisotopic (exact) mass is 362 g/mol. The molecule has 2 rings (SSSR count). The molecule has 1 aromatic carbocycles. The standard InChI is InChI=1S/C17H15ClN2O5/c1-5-6-25-14-12(18)8-10(9-13(14)24-4)7-11-15(21)19(2)17(23)20(3)16(11)22/h1,7-9H,6H2,2-4H3. The molecule has 1 saturated heterocycles. The Morgan fingerprint density at radius 2 is 1.80 bits per heavy atom. The summed E-state index contributed by atoms with van der Waals surface area (Å²) in [6.45, 7) is 0.00515. The lowest BCUT2D eigenvalue weighted by Gasteiger charge is -2.28. The molecule has 0 bridgehead atoms. The zero-order valence-corrected chi connectivity index (χ0v) is 14.6. The number of hydrogen-bond acceptors (Lipinski definition) is 5. The van der Waals surface area contributed by atoms with Crippen LogP contribution in [0, 0.1) is 12.3 Å². The normalized spacial score (nSPS) is 14.5. The highest BCUT2D eigenvalue weighted by Gasteiger charge is 2.37. The van der Waals surface area contributed by atoms with Crippen LogP contribution in [0.25, 0.3) is 6.08 Å². The van der Waals surface area contributed by atoms with Gasteiger partial charge in [-0.1, -0.05) is 17.5 Å². The second-order valence-corrected chi connectivity index (χ2v) is 5.50. The fourth-order valence-corrected chi connectivity index (χ4v) is 2.49. The van der Waals surface area contributed by atoms with E-state index in [1.807, 2.05) is 0 Å². The summed E-state index contributed by atoms with van der Waals surface area (Å²) in [6, 6.07) is 2.35. The van der Waals surface area contributed by atoms with E-state index in [-0.39, 0.29) is 23.0 Å². The predicted molar refractivity (Wildman–Crippen MR) is 91.2 cm³/mol. The number of benzene rings is 1. The number of halogens is 1. The third-order valence-electron chi connectivity index (χ3n) is 3.51. The Bertz CT molecular complexity index is 799. The molecule has 130 valence electrons. The summed E-state index contributed by atoms with van der Waals surface area (Å²) in [4.78, 5) is 37.9. The molecule has 1 fully saturated rings. The molecule has 25 heavy (non-hydrogen) atoms. The predicted octanol–water partition coefficient (Wildman–Crippen LogP) is 1.79. The number of urea groups is 1. The maximum atomic E-state index is 12.2. The van der Waals surface area contributed by atoms with Gasteiger partial charge in [0, 0.05) is 14.1 Å². The summed E-state index contributed by atoms with van der Waals surface area (Å²) in [5.74, 6) is 1.48. The molecule has 0 saturated carbocycles. The molecule has 7 nitrogen and oxygen atoms in total. The molecule has 0 N–H and O–H groups in total. The zero-order valence-electron chi connectivity index (χ0n) is 13.8. The van der Waals surface area contributed by atoms with Crippen molar-refractivity contribution in [2.24, 2.45) is 0 Å². The second-order valence-electron chi connectivity index (χ2n) is 5.10. The number of hydrogen-bond donors (Lipinski definition) is 0. The first-order valence-electron chi connectivity index (χ1n) is 7.07. The van der Waals surface area contributed by atoms with E-state index in [2.05, 4.69) is 5.92 Å². The van der Waals surface area contributed by atoms with E-state index >= 15 is 0 Å². The van der Waals surface area contributed by atoms with Crippen molar-refractivity contribution in [3.05, 3.63) is 28.3 Å². The van der Waals surface area contributed by atoms with E-state index in [0.29, 0.717) is 11.3 Å². The molecular weight excluding hydrogens is 348 g/mol. The molecule has 8 heteroatoms. The van der Waals surface area contributed by atoms with Crippen LogP contribution < -0.4 is 9.47 Å². The van der Waals surface area contributed by atoms with E-state index in [4.69, 9.17) is 27.5 Å². The quantitative estimate of drug-likeness (QED) is 0.463. The smallest absolute Gasteiger partial charge is 0.333 e. The van der Waals surface area contributed by atoms with Crippen molar-refractivity contribution < 1.29 is 23.9 Å².